The number of aliphatic carboxylic acids is 1. The van der Waals surface area contributed by atoms with Crippen molar-refractivity contribution in [3.05, 3.63) is 123 Å². The van der Waals surface area contributed by atoms with Gasteiger partial charge in [-0.15, -0.1) is 0 Å². The highest BCUT2D eigenvalue weighted by molar-refractivity contribution is 9.10. The van der Waals surface area contributed by atoms with Gasteiger partial charge in [0.1, 0.15) is 45.7 Å². The van der Waals surface area contributed by atoms with E-state index in [0.29, 0.717) is 46.6 Å². The Bertz CT molecular complexity index is 2660. The van der Waals surface area contributed by atoms with Crippen molar-refractivity contribution in [1.29, 1.82) is 0 Å². The van der Waals surface area contributed by atoms with Gasteiger partial charge in [0, 0.05) is 45.5 Å². The van der Waals surface area contributed by atoms with E-state index in [9.17, 15) is 40.7 Å². The third-order valence-electron chi connectivity index (χ3n) is 9.44. The van der Waals surface area contributed by atoms with Crippen LogP contribution >= 0.6 is 15.9 Å². The van der Waals surface area contributed by atoms with E-state index in [2.05, 4.69) is 40.7 Å². The van der Waals surface area contributed by atoms with Gasteiger partial charge in [-0.25, -0.2) is 33.1 Å². The number of aromatic nitrogens is 2. The Hall–Kier alpha value is -6.83. The maximum absolute atomic E-state index is 14.7. The highest BCUT2D eigenvalue weighted by Gasteiger charge is 2.26. The quantitative estimate of drug-likeness (QED) is 0.0658. The lowest BCUT2D eigenvalue weighted by atomic mass is 9.98. The van der Waals surface area contributed by atoms with Crippen LogP contribution in [0.2, 0.25) is 0 Å². The first-order chi connectivity index (χ1) is 31.1. The third kappa shape index (κ3) is 12.7. The van der Waals surface area contributed by atoms with Gasteiger partial charge < -0.3 is 33.5 Å². The molecule has 1 amide bonds. The molecule has 0 unspecified atom stereocenters. The number of carboxylic acid groups (broad SMARTS) is 1. The van der Waals surface area contributed by atoms with Crippen molar-refractivity contribution < 1.29 is 74.3 Å². The fourth-order valence-electron chi connectivity index (χ4n) is 6.57. The molecule has 344 valence electrons. The number of pyridine rings is 2. The van der Waals surface area contributed by atoms with Crippen LogP contribution in [0.15, 0.2) is 77.3 Å². The van der Waals surface area contributed by atoms with Crippen LogP contribution in [-0.2, 0) is 44.7 Å². The molecule has 2 heterocycles. The Kier molecular flexibility index (Phi) is 17.2. The highest BCUT2D eigenvalue weighted by Crippen LogP contribution is 2.42. The monoisotopic (exact) mass is 975 g/mol. The van der Waals surface area contributed by atoms with Gasteiger partial charge in [-0.3, -0.25) is 5.32 Å². The summed E-state index contributed by atoms with van der Waals surface area (Å²) in [6.07, 6.45) is 0.329. The van der Waals surface area contributed by atoms with E-state index in [0.717, 1.165) is 22.2 Å². The van der Waals surface area contributed by atoms with Gasteiger partial charge >= 0.3 is 31.3 Å². The van der Waals surface area contributed by atoms with Crippen molar-refractivity contribution >= 4 is 61.5 Å². The van der Waals surface area contributed by atoms with Crippen LogP contribution in [0.4, 0.5) is 36.8 Å². The van der Waals surface area contributed by atoms with E-state index in [1.807, 2.05) is 24.3 Å². The fourth-order valence-corrected chi connectivity index (χ4v) is 6.83. The van der Waals surface area contributed by atoms with E-state index in [1.54, 1.807) is 38.1 Å². The van der Waals surface area contributed by atoms with Crippen LogP contribution in [0.3, 0.4) is 0 Å². The number of fused-ring (bicyclic) bond motifs is 2. The van der Waals surface area contributed by atoms with Crippen molar-refractivity contribution in [3.8, 4) is 23.0 Å². The summed E-state index contributed by atoms with van der Waals surface area (Å²) in [6, 6.07) is 18.3. The molecule has 6 rings (SSSR count). The molecular weight excluding hydrogens is 936 g/mol. The molecule has 6 aromatic rings. The van der Waals surface area contributed by atoms with Crippen LogP contribution in [0, 0.1) is 11.6 Å². The molecule has 4 aromatic carbocycles. The average molecular weight is 977 g/mol. The number of carboxylic acids is 1. The molecule has 2 aromatic heterocycles. The number of hydrogen-bond acceptors (Lipinski definition) is 11. The zero-order valence-corrected chi connectivity index (χ0v) is 36.6. The van der Waals surface area contributed by atoms with Crippen LogP contribution in [0.25, 0.3) is 21.8 Å². The Morgan fingerprint density at radius 1 is 0.662 bits per heavy atom. The zero-order valence-electron chi connectivity index (χ0n) is 35.0. The maximum atomic E-state index is 14.7. The highest BCUT2D eigenvalue weighted by atomic mass is 79.9. The van der Waals surface area contributed by atoms with E-state index in [1.165, 1.54) is 26.4 Å². The number of carbonyl (C=O) groups is 3. The average Bonchev–Trinajstić information content (AvgIpc) is 3.28. The van der Waals surface area contributed by atoms with Crippen LogP contribution in [0.5, 0.6) is 23.0 Å². The number of carbonyl (C=O) groups excluding carboxylic acids is 2. The number of methoxy groups -OCH3 is 2. The molecule has 0 aliphatic carbocycles. The van der Waals surface area contributed by atoms with Gasteiger partial charge in [-0.2, -0.15) is 17.6 Å². The predicted molar refractivity (Wildman–Crippen MR) is 228 cm³/mol. The molecule has 20 heteroatoms. The molecule has 0 saturated heterocycles. The first kappa shape index (κ1) is 49.2. The third-order valence-corrected chi connectivity index (χ3v) is 9.97. The molecular formula is C45H40BrF6N3O10. The van der Waals surface area contributed by atoms with Crippen LogP contribution in [-0.4, -0.2) is 73.8 Å². The van der Waals surface area contributed by atoms with E-state index >= 15 is 0 Å². The molecule has 0 aliphatic rings. The number of esters is 1. The van der Waals surface area contributed by atoms with Crippen LogP contribution < -0.4 is 24.3 Å². The molecule has 0 atom stereocenters. The molecule has 0 fully saturated rings. The van der Waals surface area contributed by atoms with Gasteiger partial charge in [0.05, 0.1) is 25.0 Å². The molecule has 0 spiro atoms. The first-order valence-corrected chi connectivity index (χ1v) is 20.3. The standard InChI is InChI=1S/C24H23F3N2O6.C21H17BrF3NO4/c1-4-17-15(11-13-5-7-14(8-6-13)28-24(31)33-3)22(35-23(26)27)20-18(34-12-19(30)32-2)10-9-16(25)21(20)29-17;1-2-15-13(9-11-3-5-12(22)6-4-11)20(30-21(24)25)18-16(29-10-17(27)28)8-7-14(23)19(18)26-15/h5-10,23H,4,11-12H2,1-3H3,(H,28,31);3-8,21H,2,9-10H2,1H3,(H,27,28). The number of hydrogen-bond donors (Lipinski definition) is 2. The molecule has 65 heavy (non-hydrogen) atoms. The summed E-state index contributed by atoms with van der Waals surface area (Å²) in [6.45, 7) is -4.12. The normalized spacial score (nSPS) is 11.0. The van der Waals surface area contributed by atoms with E-state index in [-0.39, 0.29) is 57.6 Å². The molecule has 0 saturated carbocycles. The molecule has 2 N–H and O–H groups in total. The number of aryl methyl sites for hydroxylation is 2. The summed E-state index contributed by atoms with van der Waals surface area (Å²) in [5.41, 5.74) is 2.94. The number of benzene rings is 4. The van der Waals surface area contributed by atoms with Gasteiger partial charge in [0.15, 0.2) is 13.2 Å². The van der Waals surface area contributed by atoms with Crippen molar-refractivity contribution in [2.45, 2.75) is 52.8 Å². The minimum absolute atomic E-state index is 0.0588. The van der Waals surface area contributed by atoms with Crippen molar-refractivity contribution in [1.82, 2.24) is 9.97 Å². The Balaban J connectivity index is 0.000000247. The molecule has 0 radical (unpaired) electrons. The summed E-state index contributed by atoms with van der Waals surface area (Å²) in [7, 11) is 2.40. The molecule has 0 aliphatic heterocycles. The largest absolute Gasteiger partial charge is 0.481 e. The zero-order chi connectivity index (χ0) is 47.4. The second-order valence-electron chi connectivity index (χ2n) is 13.6. The number of nitrogens with one attached hydrogen (secondary N) is 1. The number of anilines is 1. The summed E-state index contributed by atoms with van der Waals surface area (Å²) >= 11 is 3.34. The first-order valence-electron chi connectivity index (χ1n) is 19.5. The number of alkyl halides is 4. The second-order valence-corrected chi connectivity index (χ2v) is 14.5. The maximum Gasteiger partial charge on any atom is 0.411 e. The Morgan fingerprint density at radius 2 is 1.11 bits per heavy atom. The summed E-state index contributed by atoms with van der Waals surface area (Å²) in [4.78, 5) is 42.5. The SMILES string of the molecule is CCc1nc2c(F)ccc(OCC(=O)O)c2c(OC(F)F)c1Cc1ccc(Br)cc1.CCc1nc2c(F)ccc(OCC(=O)OC)c2c(OC(F)F)c1Cc1ccc(NC(=O)OC)cc1. The number of ether oxygens (including phenoxy) is 6. The lowest BCUT2D eigenvalue weighted by Crippen LogP contribution is -2.14. The number of amides is 1. The van der Waals surface area contributed by atoms with Crippen molar-refractivity contribution in [3.63, 3.8) is 0 Å². The topological polar surface area (TPSA) is 165 Å². The lowest BCUT2D eigenvalue weighted by Gasteiger charge is -2.19. The minimum Gasteiger partial charge on any atom is -0.481 e. The lowest BCUT2D eigenvalue weighted by molar-refractivity contribution is -0.143. The van der Waals surface area contributed by atoms with E-state index in [4.69, 9.17) is 24.1 Å². The predicted octanol–water partition coefficient (Wildman–Crippen LogP) is 10.2. The summed E-state index contributed by atoms with van der Waals surface area (Å²) in [5, 5.41) is 11.2. The summed E-state index contributed by atoms with van der Waals surface area (Å²) in [5.74, 6) is -4.21. The number of halogens is 7. The second kappa shape index (κ2) is 22.7. The van der Waals surface area contributed by atoms with Gasteiger partial charge in [0.25, 0.3) is 0 Å². The van der Waals surface area contributed by atoms with Crippen molar-refractivity contribution in [2.24, 2.45) is 0 Å². The molecule has 13 nitrogen and oxygen atoms in total. The van der Waals surface area contributed by atoms with Crippen LogP contribution in [0.1, 0.15) is 47.5 Å². The number of rotatable bonds is 17. The number of nitrogens with zero attached hydrogens (tertiary/aromatic N) is 2. The Morgan fingerprint density at radius 3 is 1.51 bits per heavy atom. The van der Waals surface area contributed by atoms with Gasteiger partial charge in [-0.1, -0.05) is 54.0 Å². The van der Waals surface area contributed by atoms with Gasteiger partial charge in [0.2, 0.25) is 0 Å². The minimum atomic E-state index is -3.22. The van der Waals surface area contributed by atoms with E-state index < -0.39 is 56.1 Å². The Labute approximate surface area is 375 Å². The van der Waals surface area contributed by atoms with Crippen molar-refractivity contribution in [2.75, 3.05) is 32.8 Å². The fraction of sp³-hybridized carbons (Fsp3) is 0.267. The molecule has 0 bridgehead atoms. The summed E-state index contributed by atoms with van der Waals surface area (Å²) < 4.78 is 113. The smallest absolute Gasteiger partial charge is 0.411 e. The van der Waals surface area contributed by atoms with Gasteiger partial charge in [-0.05, 0) is 72.5 Å².